The third kappa shape index (κ3) is 8.21. The minimum atomic E-state index is -0.267. The van der Waals surface area contributed by atoms with Crippen molar-refractivity contribution >= 4 is 11.0 Å². The van der Waals surface area contributed by atoms with Crippen LogP contribution in [0.1, 0.15) is 93.6 Å². The fourth-order valence-corrected chi connectivity index (χ4v) is 7.60. The zero-order chi connectivity index (χ0) is 44.4. The number of pyridine rings is 1. The Hall–Kier alpha value is -5.57. The fraction of sp³-hybridized carbons (Fsp3) is 0.222. The minimum Gasteiger partial charge on any atom is -0.507 e. The van der Waals surface area contributed by atoms with Crippen molar-refractivity contribution in [1.82, 2.24) is 14.5 Å². The van der Waals surface area contributed by atoms with Gasteiger partial charge in [-0.15, -0.1) is 29.3 Å². The summed E-state index contributed by atoms with van der Waals surface area (Å²) in [5.41, 5.74) is 13.4. The van der Waals surface area contributed by atoms with Gasteiger partial charge < -0.3 is 5.11 Å². The van der Waals surface area contributed by atoms with Crippen LogP contribution in [0.3, 0.4) is 0 Å². The van der Waals surface area contributed by atoms with Gasteiger partial charge in [0.15, 0.2) is 0 Å². The van der Waals surface area contributed by atoms with Crippen LogP contribution in [0, 0.1) is 19.9 Å². The number of phenols is 1. The van der Waals surface area contributed by atoms with Gasteiger partial charge >= 0.3 is 0 Å². The maximum absolute atomic E-state index is 12.2. The van der Waals surface area contributed by atoms with Gasteiger partial charge in [-0.05, 0) is 89.2 Å². The van der Waals surface area contributed by atoms with Crippen molar-refractivity contribution in [1.29, 1.82) is 0 Å². The number of imidazole rings is 1. The Labute approximate surface area is 369 Å². The Morgan fingerprint density at radius 1 is 0.678 bits per heavy atom. The van der Waals surface area contributed by atoms with Crippen LogP contribution in [0.4, 0.5) is 0 Å². The average molecular weight is 958 g/mol. The molecule has 8 rings (SSSR count). The van der Waals surface area contributed by atoms with Crippen LogP contribution in [-0.4, -0.2) is 19.6 Å². The molecule has 1 N–H and O–H groups in total. The molecule has 0 bridgehead atoms. The average Bonchev–Trinajstić information content (AvgIpc) is 3.64. The second kappa shape index (κ2) is 16.6. The second-order valence-electron chi connectivity index (χ2n) is 17.0. The van der Waals surface area contributed by atoms with E-state index in [-0.39, 0.29) is 73.8 Å². The van der Waals surface area contributed by atoms with E-state index in [1.165, 1.54) is 0 Å². The van der Waals surface area contributed by atoms with Crippen molar-refractivity contribution in [3.63, 3.8) is 0 Å². The number of aryl methyl sites for hydroxylation is 1. The summed E-state index contributed by atoms with van der Waals surface area (Å²) >= 11 is 0. The van der Waals surface area contributed by atoms with Gasteiger partial charge in [0.05, 0.1) is 27.8 Å². The van der Waals surface area contributed by atoms with Crippen molar-refractivity contribution in [3.8, 4) is 67.5 Å². The van der Waals surface area contributed by atoms with E-state index in [4.69, 9.17) is 15.5 Å². The first kappa shape index (κ1) is 36.5. The van der Waals surface area contributed by atoms with Crippen LogP contribution in [0.25, 0.3) is 72.7 Å². The molecule has 59 heavy (non-hydrogen) atoms. The maximum Gasteiger partial charge on any atom is 0.148 e. The van der Waals surface area contributed by atoms with E-state index in [1.54, 1.807) is 19.2 Å². The van der Waals surface area contributed by atoms with E-state index < -0.39 is 0 Å². The molecule has 0 aliphatic rings. The number of aromatic nitrogens is 3. The molecule has 0 saturated carbocycles. The molecule has 2 aromatic heterocycles. The molecule has 0 spiro atoms. The van der Waals surface area contributed by atoms with E-state index in [1.807, 2.05) is 12.1 Å². The van der Waals surface area contributed by atoms with Gasteiger partial charge in [0.1, 0.15) is 11.6 Å². The Morgan fingerprint density at radius 3 is 2.10 bits per heavy atom. The van der Waals surface area contributed by atoms with Gasteiger partial charge in [-0.1, -0.05) is 156 Å². The zero-order valence-corrected chi connectivity index (χ0v) is 37.4. The van der Waals surface area contributed by atoms with E-state index in [9.17, 15) is 5.11 Å². The Balaban J connectivity index is 0.00000595. The molecular formula is C54H52N3OPt-. The normalized spacial score (nSPS) is 12.7. The SMILES string of the molecule is [2H]c1c([2H])c(-c2ccnc(-c3[c-]c(-c4cccc5c4nc(-c4cc(C(C)C)cc(C(C)C)c4O)n5-c4ccc(C)cc4-c4ccccc4)cc(C(C)(C)C)c3)c2)c([2H])c([2H])c1C.[Pt]. The largest absolute Gasteiger partial charge is 0.507 e. The van der Waals surface area contributed by atoms with Crippen molar-refractivity contribution in [2.24, 2.45) is 0 Å². The van der Waals surface area contributed by atoms with E-state index >= 15 is 0 Å². The third-order valence-corrected chi connectivity index (χ3v) is 11.0. The molecule has 6 aromatic carbocycles. The van der Waals surface area contributed by atoms with Crippen molar-refractivity contribution in [2.45, 2.75) is 79.6 Å². The van der Waals surface area contributed by atoms with Gasteiger partial charge in [-0.2, -0.15) is 0 Å². The number of phenolic OH excluding ortho intramolecular Hbond substituents is 1. The summed E-state index contributed by atoms with van der Waals surface area (Å²) in [7, 11) is 0. The molecule has 0 aliphatic heterocycles. The molecule has 300 valence electrons. The molecule has 2 heterocycles. The molecule has 0 aliphatic carbocycles. The van der Waals surface area contributed by atoms with E-state index in [2.05, 4.69) is 151 Å². The molecule has 5 heteroatoms. The Kier molecular flexibility index (Phi) is 10.3. The van der Waals surface area contributed by atoms with Gasteiger partial charge in [-0.3, -0.25) is 9.55 Å². The summed E-state index contributed by atoms with van der Waals surface area (Å²) < 4.78 is 36.8. The topological polar surface area (TPSA) is 50.9 Å². The first-order valence-corrected chi connectivity index (χ1v) is 20.1. The summed E-state index contributed by atoms with van der Waals surface area (Å²) in [5.74, 6) is 1.15. The molecule has 0 fully saturated rings. The minimum absolute atomic E-state index is 0. The zero-order valence-electron chi connectivity index (χ0n) is 39.2. The molecule has 0 amide bonds. The van der Waals surface area contributed by atoms with Crippen LogP contribution in [0.15, 0.2) is 133 Å². The van der Waals surface area contributed by atoms with E-state index in [0.29, 0.717) is 28.2 Å². The molecule has 0 atom stereocenters. The molecule has 8 aromatic rings. The van der Waals surface area contributed by atoms with E-state index in [0.717, 1.165) is 66.8 Å². The number of fused-ring (bicyclic) bond motifs is 1. The van der Waals surface area contributed by atoms with Crippen molar-refractivity contribution in [2.75, 3.05) is 0 Å². The number of para-hydroxylation sites is 1. The first-order chi connectivity index (χ1) is 29.4. The monoisotopic (exact) mass is 957 g/mol. The summed E-state index contributed by atoms with van der Waals surface area (Å²) in [5, 5.41) is 12.2. The smallest absolute Gasteiger partial charge is 0.148 e. The standard InChI is InChI=1S/C54H52N3O.Pt/c1-33(2)40-30-45(34(3)4)52(58)47(31-40)53-56-51-44(16-13-17-50(51)57(53)49-23-20-36(6)26-46(49)38-14-11-10-12-15-38)41-27-42(29-43(28-41)54(7,8)9)48-32-39(24-25-55-48)37-21-18-35(5)19-22-37;/h10-26,28-34,58H,1-9H3;/q-1;/i18D,19D,21D,22D;. The van der Waals surface area contributed by atoms with Gasteiger partial charge in [0.25, 0.3) is 0 Å². The molecular weight excluding hydrogens is 902 g/mol. The molecule has 0 radical (unpaired) electrons. The summed E-state index contributed by atoms with van der Waals surface area (Å²) in [6.45, 7) is 18.8. The van der Waals surface area contributed by atoms with Crippen LogP contribution in [0.2, 0.25) is 0 Å². The summed E-state index contributed by atoms with van der Waals surface area (Å²) in [4.78, 5) is 10.3. The van der Waals surface area contributed by atoms with Gasteiger partial charge in [-0.25, -0.2) is 4.98 Å². The maximum atomic E-state index is 12.2. The predicted molar refractivity (Wildman–Crippen MR) is 243 cm³/mol. The fourth-order valence-electron chi connectivity index (χ4n) is 7.60. The van der Waals surface area contributed by atoms with Crippen molar-refractivity contribution < 1.29 is 31.7 Å². The Bertz CT molecular complexity index is 3010. The van der Waals surface area contributed by atoms with Crippen LogP contribution in [0.5, 0.6) is 5.75 Å². The number of aromatic hydroxyl groups is 1. The molecule has 4 nitrogen and oxygen atoms in total. The second-order valence-corrected chi connectivity index (χ2v) is 17.0. The summed E-state index contributed by atoms with van der Waals surface area (Å²) in [6, 6.07) is 38.5. The van der Waals surface area contributed by atoms with Crippen molar-refractivity contribution in [3.05, 3.63) is 167 Å². The number of benzene rings is 6. The number of hydrogen-bond acceptors (Lipinski definition) is 3. The van der Waals surface area contributed by atoms with Crippen LogP contribution >= 0.6 is 0 Å². The number of hydrogen-bond donors (Lipinski definition) is 1. The Morgan fingerprint density at radius 2 is 1.41 bits per heavy atom. The van der Waals surface area contributed by atoms with Gasteiger partial charge in [0.2, 0.25) is 0 Å². The van der Waals surface area contributed by atoms with Gasteiger partial charge in [0, 0.05) is 38.5 Å². The quantitative estimate of drug-likeness (QED) is 0.154. The molecule has 0 saturated heterocycles. The van der Waals surface area contributed by atoms with Crippen LogP contribution < -0.4 is 0 Å². The van der Waals surface area contributed by atoms with Crippen LogP contribution in [-0.2, 0) is 26.5 Å². The number of rotatable bonds is 8. The number of nitrogens with zero attached hydrogens (tertiary/aromatic N) is 3. The predicted octanol–water partition coefficient (Wildman–Crippen LogP) is 14.4. The molecule has 0 unspecified atom stereocenters. The summed E-state index contributed by atoms with van der Waals surface area (Å²) in [6.07, 6.45) is 1.65. The third-order valence-electron chi connectivity index (χ3n) is 11.0. The first-order valence-electron chi connectivity index (χ1n) is 22.1.